The number of carbonyl (C=O) groups is 2. The number of methoxy groups -OCH3 is 1. The summed E-state index contributed by atoms with van der Waals surface area (Å²) < 4.78 is 38.2. The lowest BCUT2D eigenvalue weighted by molar-refractivity contribution is -0.150. The average Bonchev–Trinajstić information content (AvgIpc) is 3.43. The highest BCUT2D eigenvalue weighted by molar-refractivity contribution is 7.87. The van der Waals surface area contributed by atoms with Crippen LogP contribution in [0, 0.1) is 5.92 Å². The quantitative estimate of drug-likeness (QED) is 0.139. The van der Waals surface area contributed by atoms with Crippen LogP contribution in [-0.2, 0) is 37.5 Å². The summed E-state index contributed by atoms with van der Waals surface area (Å²) in [4.78, 5) is 31.6. The molecule has 0 aliphatic carbocycles. The van der Waals surface area contributed by atoms with E-state index in [0.717, 1.165) is 21.6 Å². The van der Waals surface area contributed by atoms with E-state index in [1.165, 1.54) is 30.6 Å². The van der Waals surface area contributed by atoms with Gasteiger partial charge in [0.1, 0.15) is 10.9 Å². The van der Waals surface area contributed by atoms with Crippen molar-refractivity contribution in [2.24, 2.45) is 5.92 Å². The Kier molecular flexibility index (Phi) is 9.07. The number of benzene rings is 3. The van der Waals surface area contributed by atoms with Crippen molar-refractivity contribution >= 4 is 39.2 Å². The standard InChI is InChI=1S/C28H27N3O6S2/c1-37-28(33)23(16-19-8-4-2-5-9-19)26(32)30-24(17-20-12-14-22(15-13-20)31-39(34,35)36)27-29-18-25(38-27)21-10-6-3-7-11-21/h2-15,18,23-24,31H,16-17H2,1H3,(H,30,32)(H,34,35,36). The van der Waals surface area contributed by atoms with Gasteiger partial charge in [-0.3, -0.25) is 18.9 Å². The highest BCUT2D eigenvalue weighted by Crippen LogP contribution is 2.31. The van der Waals surface area contributed by atoms with Crippen LogP contribution in [-0.4, -0.2) is 36.9 Å². The Bertz CT molecular complexity index is 1510. The number of aromatic nitrogens is 1. The van der Waals surface area contributed by atoms with E-state index in [1.807, 2.05) is 65.4 Å². The van der Waals surface area contributed by atoms with Crippen LogP contribution >= 0.6 is 11.3 Å². The molecular formula is C28H27N3O6S2. The summed E-state index contributed by atoms with van der Waals surface area (Å²) in [7, 11) is -3.15. The predicted molar refractivity (Wildman–Crippen MR) is 149 cm³/mol. The number of hydrogen-bond acceptors (Lipinski definition) is 7. The van der Waals surface area contributed by atoms with Gasteiger partial charge < -0.3 is 10.1 Å². The molecule has 3 N–H and O–H groups in total. The van der Waals surface area contributed by atoms with E-state index in [-0.39, 0.29) is 12.1 Å². The Labute approximate surface area is 230 Å². The van der Waals surface area contributed by atoms with E-state index in [4.69, 9.17) is 9.29 Å². The van der Waals surface area contributed by atoms with Crippen molar-refractivity contribution in [3.05, 3.63) is 107 Å². The summed E-state index contributed by atoms with van der Waals surface area (Å²) in [5, 5.41) is 3.64. The van der Waals surface area contributed by atoms with E-state index < -0.39 is 34.1 Å². The molecule has 0 aliphatic heterocycles. The van der Waals surface area contributed by atoms with Gasteiger partial charge in [-0.25, -0.2) is 4.98 Å². The summed E-state index contributed by atoms with van der Waals surface area (Å²) in [6, 6.07) is 24.7. The average molecular weight is 566 g/mol. The third-order valence-corrected chi connectivity index (χ3v) is 7.58. The number of nitrogens with zero attached hydrogens (tertiary/aromatic N) is 1. The predicted octanol–water partition coefficient (Wildman–Crippen LogP) is 4.46. The molecule has 0 fully saturated rings. The molecule has 11 heteroatoms. The Morgan fingerprint density at radius 2 is 1.54 bits per heavy atom. The second-order valence-electron chi connectivity index (χ2n) is 8.73. The van der Waals surface area contributed by atoms with Crippen LogP contribution < -0.4 is 10.0 Å². The van der Waals surface area contributed by atoms with Crippen LogP contribution in [0.5, 0.6) is 0 Å². The first-order valence-electron chi connectivity index (χ1n) is 12.0. The SMILES string of the molecule is COC(=O)C(Cc1ccccc1)C(=O)NC(Cc1ccc(NS(=O)(=O)O)cc1)c1ncc(-c2ccccc2)s1. The Morgan fingerprint density at radius 3 is 2.15 bits per heavy atom. The number of hydrogen-bond donors (Lipinski definition) is 3. The molecule has 0 aliphatic rings. The lowest BCUT2D eigenvalue weighted by Crippen LogP contribution is -2.40. The molecule has 0 saturated carbocycles. The minimum atomic E-state index is -4.40. The highest BCUT2D eigenvalue weighted by Gasteiger charge is 2.31. The first-order valence-corrected chi connectivity index (χ1v) is 14.2. The van der Waals surface area contributed by atoms with Gasteiger partial charge in [0.15, 0.2) is 0 Å². The van der Waals surface area contributed by atoms with Gasteiger partial charge >= 0.3 is 16.3 Å². The fourth-order valence-electron chi connectivity index (χ4n) is 4.03. The molecule has 9 nitrogen and oxygen atoms in total. The Morgan fingerprint density at radius 1 is 0.923 bits per heavy atom. The summed E-state index contributed by atoms with van der Waals surface area (Å²) in [5.74, 6) is -2.19. The minimum Gasteiger partial charge on any atom is -0.468 e. The lowest BCUT2D eigenvalue weighted by atomic mass is 9.97. The smallest absolute Gasteiger partial charge is 0.357 e. The molecule has 1 heterocycles. The van der Waals surface area contributed by atoms with Gasteiger partial charge in [-0.15, -0.1) is 11.3 Å². The molecule has 4 aromatic rings. The molecule has 4 rings (SSSR count). The van der Waals surface area contributed by atoms with E-state index in [2.05, 4.69) is 10.3 Å². The maximum absolute atomic E-state index is 13.5. The van der Waals surface area contributed by atoms with Crippen molar-refractivity contribution in [2.45, 2.75) is 18.9 Å². The molecule has 2 unspecified atom stereocenters. The van der Waals surface area contributed by atoms with Gasteiger partial charge in [0, 0.05) is 6.20 Å². The maximum Gasteiger partial charge on any atom is 0.357 e. The number of nitrogens with one attached hydrogen (secondary N) is 2. The summed E-state index contributed by atoms with van der Waals surface area (Å²) in [6.07, 6.45) is 2.24. The van der Waals surface area contributed by atoms with Gasteiger partial charge in [0.05, 0.1) is 23.7 Å². The first kappa shape index (κ1) is 28.0. The Hall–Kier alpha value is -4.06. The zero-order valence-electron chi connectivity index (χ0n) is 21.0. The van der Waals surface area contributed by atoms with Gasteiger partial charge in [0.25, 0.3) is 0 Å². The molecule has 3 aromatic carbocycles. The van der Waals surface area contributed by atoms with Crippen LogP contribution in [0.15, 0.2) is 91.1 Å². The van der Waals surface area contributed by atoms with E-state index in [0.29, 0.717) is 11.4 Å². The fraction of sp³-hybridized carbons (Fsp3) is 0.179. The van der Waals surface area contributed by atoms with Crippen LogP contribution in [0.1, 0.15) is 22.2 Å². The summed E-state index contributed by atoms with van der Waals surface area (Å²) in [6.45, 7) is 0. The summed E-state index contributed by atoms with van der Waals surface area (Å²) >= 11 is 1.43. The number of carbonyl (C=O) groups excluding carboxylic acids is 2. The van der Waals surface area contributed by atoms with Crippen molar-refractivity contribution in [1.29, 1.82) is 0 Å². The largest absolute Gasteiger partial charge is 0.468 e. The fourth-order valence-corrected chi connectivity index (χ4v) is 5.43. The maximum atomic E-state index is 13.5. The number of anilines is 1. The molecule has 0 bridgehead atoms. The number of rotatable bonds is 11. The van der Waals surface area contributed by atoms with Crippen molar-refractivity contribution in [1.82, 2.24) is 10.3 Å². The minimum absolute atomic E-state index is 0.176. The van der Waals surface area contributed by atoms with Crippen molar-refractivity contribution in [3.8, 4) is 10.4 Å². The normalized spacial score (nSPS) is 12.8. The van der Waals surface area contributed by atoms with Crippen LogP contribution in [0.2, 0.25) is 0 Å². The second-order valence-corrected chi connectivity index (χ2v) is 11.0. The Balaban J connectivity index is 1.61. The molecule has 202 valence electrons. The van der Waals surface area contributed by atoms with E-state index in [9.17, 15) is 18.0 Å². The topological polar surface area (TPSA) is 135 Å². The van der Waals surface area contributed by atoms with Crippen LogP contribution in [0.25, 0.3) is 10.4 Å². The highest BCUT2D eigenvalue weighted by atomic mass is 32.2. The monoisotopic (exact) mass is 565 g/mol. The van der Waals surface area contributed by atoms with Gasteiger partial charge in [-0.1, -0.05) is 72.8 Å². The van der Waals surface area contributed by atoms with Crippen LogP contribution in [0.3, 0.4) is 0 Å². The van der Waals surface area contributed by atoms with E-state index >= 15 is 0 Å². The van der Waals surface area contributed by atoms with Crippen molar-refractivity contribution in [2.75, 3.05) is 11.8 Å². The third kappa shape index (κ3) is 7.96. The van der Waals surface area contributed by atoms with Crippen molar-refractivity contribution < 1.29 is 27.3 Å². The molecule has 1 amide bonds. The number of esters is 1. The third-order valence-electron chi connectivity index (χ3n) is 5.92. The van der Waals surface area contributed by atoms with Gasteiger partial charge in [-0.2, -0.15) is 8.42 Å². The van der Waals surface area contributed by atoms with E-state index in [1.54, 1.807) is 18.3 Å². The molecule has 0 spiro atoms. The lowest BCUT2D eigenvalue weighted by Gasteiger charge is -2.21. The van der Waals surface area contributed by atoms with Gasteiger partial charge in [0.2, 0.25) is 5.91 Å². The number of ether oxygens (including phenoxy) is 1. The van der Waals surface area contributed by atoms with Gasteiger partial charge in [-0.05, 0) is 41.7 Å². The molecule has 0 radical (unpaired) electrons. The molecule has 2 atom stereocenters. The second kappa shape index (κ2) is 12.7. The molecule has 1 aromatic heterocycles. The molecule has 39 heavy (non-hydrogen) atoms. The zero-order valence-corrected chi connectivity index (χ0v) is 22.6. The number of amides is 1. The molecular weight excluding hydrogens is 538 g/mol. The zero-order chi connectivity index (χ0) is 27.8. The number of thiazole rings is 1. The first-order chi connectivity index (χ1) is 18.7. The van der Waals surface area contributed by atoms with Crippen molar-refractivity contribution in [3.63, 3.8) is 0 Å². The van der Waals surface area contributed by atoms with Crippen LogP contribution in [0.4, 0.5) is 5.69 Å². The summed E-state index contributed by atoms with van der Waals surface area (Å²) in [5.41, 5.74) is 2.78. The molecule has 0 saturated heterocycles.